The highest BCUT2D eigenvalue weighted by Gasteiger charge is 2.55. The third-order valence-electron chi connectivity index (χ3n) is 5.94. The van der Waals surface area contributed by atoms with Gasteiger partial charge in [0, 0.05) is 25.2 Å². The van der Waals surface area contributed by atoms with E-state index in [0.717, 1.165) is 28.9 Å². The number of benzene rings is 1. The van der Waals surface area contributed by atoms with Gasteiger partial charge >= 0.3 is 12.0 Å². The lowest BCUT2D eigenvalue weighted by atomic mass is 9.82. The summed E-state index contributed by atoms with van der Waals surface area (Å²) in [5, 5.41) is 9.70. The van der Waals surface area contributed by atoms with E-state index in [1.165, 1.54) is 6.20 Å². The topological polar surface area (TPSA) is 117 Å². The van der Waals surface area contributed by atoms with Crippen LogP contribution in [0.4, 0.5) is 10.6 Å². The van der Waals surface area contributed by atoms with Crippen LogP contribution >= 0.6 is 0 Å². The minimum Gasteiger partial charge on any atom is -0.480 e. The molecule has 0 aliphatic carbocycles. The van der Waals surface area contributed by atoms with E-state index in [0.29, 0.717) is 18.9 Å². The number of β-lactam (4-membered cyclic amide) rings is 1. The van der Waals surface area contributed by atoms with Crippen molar-refractivity contribution >= 4 is 23.7 Å². The molecule has 3 N–H and O–H groups in total. The number of carbonyl (C=O) groups is 3. The van der Waals surface area contributed by atoms with Gasteiger partial charge in [-0.2, -0.15) is 0 Å². The first-order chi connectivity index (χ1) is 14.5. The van der Waals surface area contributed by atoms with Gasteiger partial charge in [0.1, 0.15) is 5.82 Å². The van der Waals surface area contributed by atoms with Gasteiger partial charge in [-0.15, -0.1) is 0 Å². The van der Waals surface area contributed by atoms with Gasteiger partial charge in [0.25, 0.3) is 0 Å². The summed E-state index contributed by atoms with van der Waals surface area (Å²) in [4.78, 5) is 44.1. The van der Waals surface area contributed by atoms with Gasteiger partial charge in [-0.3, -0.25) is 4.79 Å². The van der Waals surface area contributed by atoms with Crippen molar-refractivity contribution in [3.05, 3.63) is 59.8 Å². The van der Waals surface area contributed by atoms with Crippen molar-refractivity contribution in [2.45, 2.75) is 31.2 Å². The first-order valence-corrected chi connectivity index (χ1v) is 10.1. The van der Waals surface area contributed by atoms with Gasteiger partial charge in [-0.05, 0) is 42.5 Å². The first-order valence-electron chi connectivity index (χ1n) is 10.1. The average molecular weight is 408 g/mol. The van der Waals surface area contributed by atoms with Crippen LogP contribution in [0.3, 0.4) is 0 Å². The summed E-state index contributed by atoms with van der Waals surface area (Å²) in [5.41, 5.74) is 7.54. The number of pyridine rings is 1. The van der Waals surface area contributed by atoms with E-state index in [9.17, 15) is 19.5 Å². The number of nitrogens with zero attached hydrogens (tertiary/aromatic N) is 3. The number of imide groups is 1. The van der Waals surface area contributed by atoms with E-state index in [-0.39, 0.29) is 12.3 Å². The highest BCUT2D eigenvalue weighted by molar-refractivity contribution is 6.07. The summed E-state index contributed by atoms with van der Waals surface area (Å²) in [6.07, 6.45) is 3.49. The van der Waals surface area contributed by atoms with Crippen molar-refractivity contribution in [1.29, 1.82) is 0 Å². The number of carboxylic acid groups (broad SMARTS) is 1. The maximum Gasteiger partial charge on any atom is 0.327 e. The quantitative estimate of drug-likeness (QED) is 0.749. The Bertz CT molecular complexity index is 965. The van der Waals surface area contributed by atoms with Gasteiger partial charge < -0.3 is 15.7 Å². The molecule has 2 saturated heterocycles. The smallest absolute Gasteiger partial charge is 0.327 e. The molecule has 1 aromatic heterocycles. The molecular weight excluding hydrogens is 384 g/mol. The number of amides is 3. The Balaban J connectivity index is 1.48. The minimum atomic E-state index is -1.17. The first kappa shape index (κ1) is 19.9. The van der Waals surface area contributed by atoms with Crippen molar-refractivity contribution in [2.75, 3.05) is 18.8 Å². The molecule has 4 rings (SSSR count). The van der Waals surface area contributed by atoms with Crippen LogP contribution in [0, 0.1) is 5.92 Å². The van der Waals surface area contributed by atoms with Crippen LogP contribution in [0.25, 0.3) is 0 Å². The van der Waals surface area contributed by atoms with Gasteiger partial charge in [-0.1, -0.05) is 30.3 Å². The fraction of sp³-hybridized carbons (Fsp3) is 0.364. The Kier molecular flexibility index (Phi) is 5.39. The molecule has 2 fully saturated rings. The lowest BCUT2D eigenvalue weighted by Crippen LogP contribution is -2.69. The van der Waals surface area contributed by atoms with Gasteiger partial charge in [-0.25, -0.2) is 19.5 Å². The van der Waals surface area contributed by atoms with E-state index in [1.54, 1.807) is 17.0 Å². The number of carbonyl (C=O) groups excluding carboxylic acids is 2. The molecule has 0 spiro atoms. The number of urea groups is 1. The van der Waals surface area contributed by atoms with E-state index < -0.39 is 29.9 Å². The molecule has 8 nitrogen and oxygen atoms in total. The molecule has 0 saturated carbocycles. The zero-order valence-electron chi connectivity index (χ0n) is 16.5. The molecule has 0 radical (unpaired) electrons. The summed E-state index contributed by atoms with van der Waals surface area (Å²) in [7, 11) is 0. The number of carboxylic acids is 1. The highest BCUT2D eigenvalue weighted by Crippen LogP contribution is 2.34. The number of piperidine rings is 1. The van der Waals surface area contributed by atoms with Crippen LogP contribution in [0.15, 0.2) is 48.7 Å². The molecule has 1 aromatic carbocycles. The van der Waals surface area contributed by atoms with Crippen molar-refractivity contribution in [2.24, 2.45) is 5.92 Å². The Hall–Kier alpha value is -3.42. The third-order valence-corrected chi connectivity index (χ3v) is 5.94. The molecular formula is C22H24N4O4. The molecule has 2 aliphatic heterocycles. The Morgan fingerprint density at radius 1 is 1.20 bits per heavy atom. The van der Waals surface area contributed by atoms with Crippen LogP contribution in [0.5, 0.6) is 0 Å². The number of likely N-dealkylation sites (tertiary alicyclic amines) is 2. The van der Waals surface area contributed by atoms with Crippen LogP contribution in [-0.2, 0) is 16.0 Å². The molecule has 30 heavy (non-hydrogen) atoms. The van der Waals surface area contributed by atoms with Crippen molar-refractivity contribution in [3.8, 4) is 0 Å². The summed E-state index contributed by atoms with van der Waals surface area (Å²) in [6, 6.07) is 11.6. The molecule has 3 heterocycles. The second-order valence-electron chi connectivity index (χ2n) is 7.87. The maximum atomic E-state index is 13.1. The van der Waals surface area contributed by atoms with Crippen molar-refractivity contribution in [3.63, 3.8) is 0 Å². The molecule has 2 aromatic rings. The highest BCUT2D eigenvalue weighted by atomic mass is 16.4. The second kappa shape index (κ2) is 8.14. The standard InChI is InChI=1S/C22H24N4O4/c23-18-12-14(8-9-24-18)11-17-19(21(28)29)26(20(17)27)22(30)25-10-4-7-16(13-25)15-5-2-1-3-6-15/h1-3,5-6,8-9,12,16-17,19H,4,7,10-11,13H2,(H2,23,24)(H,28,29)/t16?,17?,19-/m0/s1. The second-order valence-corrected chi connectivity index (χ2v) is 7.87. The van der Waals surface area contributed by atoms with E-state index in [2.05, 4.69) is 4.98 Å². The van der Waals surface area contributed by atoms with E-state index >= 15 is 0 Å². The van der Waals surface area contributed by atoms with Crippen LogP contribution in [0.1, 0.15) is 29.9 Å². The van der Waals surface area contributed by atoms with E-state index in [4.69, 9.17) is 5.73 Å². The Labute approximate surface area is 174 Å². The van der Waals surface area contributed by atoms with Gasteiger partial charge in [0.2, 0.25) is 5.91 Å². The fourth-order valence-corrected chi connectivity index (χ4v) is 4.42. The fourth-order valence-electron chi connectivity index (χ4n) is 4.42. The lowest BCUT2D eigenvalue weighted by Gasteiger charge is -2.46. The summed E-state index contributed by atoms with van der Waals surface area (Å²) >= 11 is 0. The summed E-state index contributed by atoms with van der Waals surface area (Å²) < 4.78 is 0. The predicted molar refractivity (Wildman–Crippen MR) is 109 cm³/mol. The van der Waals surface area contributed by atoms with Crippen molar-refractivity contribution in [1.82, 2.24) is 14.8 Å². The number of hydrogen-bond acceptors (Lipinski definition) is 5. The number of hydrogen-bond donors (Lipinski definition) is 2. The number of aromatic nitrogens is 1. The molecule has 2 unspecified atom stereocenters. The maximum absolute atomic E-state index is 13.1. The number of aliphatic carboxylic acids is 1. The average Bonchev–Trinajstić information content (AvgIpc) is 2.75. The minimum absolute atomic E-state index is 0.180. The Morgan fingerprint density at radius 2 is 1.97 bits per heavy atom. The van der Waals surface area contributed by atoms with Crippen LogP contribution in [-0.4, -0.2) is 56.9 Å². The normalized spacial score (nSPS) is 23.7. The Morgan fingerprint density at radius 3 is 2.67 bits per heavy atom. The number of nitrogen functional groups attached to an aromatic ring is 1. The SMILES string of the molecule is Nc1cc(CC2C(=O)N(C(=O)N3CCCC(c4ccccc4)C3)[C@@H]2C(=O)O)ccn1. The third kappa shape index (κ3) is 3.72. The molecule has 3 amide bonds. The van der Waals surface area contributed by atoms with Crippen molar-refractivity contribution < 1.29 is 19.5 Å². The van der Waals surface area contributed by atoms with Crippen LogP contribution in [0.2, 0.25) is 0 Å². The zero-order valence-corrected chi connectivity index (χ0v) is 16.5. The number of rotatable bonds is 4. The molecule has 0 bridgehead atoms. The monoisotopic (exact) mass is 408 g/mol. The number of nitrogens with two attached hydrogens (primary N) is 1. The number of anilines is 1. The van der Waals surface area contributed by atoms with E-state index in [1.807, 2.05) is 30.3 Å². The predicted octanol–water partition coefficient (Wildman–Crippen LogP) is 2.12. The van der Waals surface area contributed by atoms with Crippen LogP contribution < -0.4 is 5.73 Å². The lowest BCUT2D eigenvalue weighted by molar-refractivity contribution is -0.166. The van der Waals surface area contributed by atoms with Gasteiger partial charge in [0.15, 0.2) is 6.04 Å². The summed E-state index contributed by atoms with van der Waals surface area (Å²) in [6.45, 7) is 0.994. The molecule has 2 aliphatic rings. The molecule has 156 valence electrons. The molecule has 8 heteroatoms. The summed E-state index contributed by atoms with van der Waals surface area (Å²) in [5.74, 6) is -1.93. The van der Waals surface area contributed by atoms with Gasteiger partial charge in [0.05, 0.1) is 5.92 Å². The zero-order chi connectivity index (χ0) is 21.3. The largest absolute Gasteiger partial charge is 0.480 e. The molecule has 3 atom stereocenters.